The number of rotatable bonds is 4. The molecule has 0 fully saturated rings. The molecule has 0 saturated heterocycles. The highest BCUT2D eigenvalue weighted by molar-refractivity contribution is 5.30. The lowest BCUT2D eigenvalue weighted by Gasteiger charge is -2.22. The Hall–Kier alpha value is -1.37. The number of nitriles is 1. The van der Waals surface area contributed by atoms with E-state index < -0.39 is 12.2 Å². The summed E-state index contributed by atoms with van der Waals surface area (Å²) in [7, 11) is 0. The van der Waals surface area contributed by atoms with Crippen LogP contribution in [0.15, 0.2) is 24.3 Å². The Morgan fingerprint density at radius 1 is 1.16 bits per heavy atom. The van der Waals surface area contributed by atoms with Crippen LogP contribution in [0.4, 0.5) is 0 Å². The van der Waals surface area contributed by atoms with Crippen molar-refractivity contribution >= 4 is 0 Å². The standard InChI is InChI=1S/C16H23NO2/c1-11(18)12(2)19-15(10-17)13-6-8-14(9-7-13)16(3,4)5/h6-9,11-12,15,18H,1-5H3. The van der Waals surface area contributed by atoms with Crippen LogP contribution < -0.4 is 0 Å². The second kappa shape index (κ2) is 6.18. The van der Waals surface area contributed by atoms with Gasteiger partial charge in [0.25, 0.3) is 0 Å². The molecule has 1 aromatic carbocycles. The third-order valence-electron chi connectivity index (χ3n) is 3.23. The molecule has 0 radical (unpaired) electrons. The zero-order valence-corrected chi connectivity index (χ0v) is 12.3. The smallest absolute Gasteiger partial charge is 0.169 e. The lowest BCUT2D eigenvalue weighted by molar-refractivity contribution is -0.0426. The van der Waals surface area contributed by atoms with Crippen molar-refractivity contribution in [2.24, 2.45) is 0 Å². The van der Waals surface area contributed by atoms with Crippen LogP contribution in [0.3, 0.4) is 0 Å². The van der Waals surface area contributed by atoms with Crippen LogP contribution in [0.25, 0.3) is 0 Å². The fourth-order valence-electron chi connectivity index (χ4n) is 1.67. The number of aliphatic hydroxyl groups excluding tert-OH is 1. The Kier molecular flexibility index (Phi) is 5.11. The Bertz CT molecular complexity index is 437. The van der Waals surface area contributed by atoms with Crippen molar-refractivity contribution < 1.29 is 9.84 Å². The summed E-state index contributed by atoms with van der Waals surface area (Å²) in [5.41, 5.74) is 2.13. The van der Waals surface area contributed by atoms with E-state index in [1.54, 1.807) is 13.8 Å². The van der Waals surface area contributed by atoms with Crippen molar-refractivity contribution in [3.8, 4) is 6.07 Å². The van der Waals surface area contributed by atoms with Gasteiger partial charge < -0.3 is 9.84 Å². The van der Waals surface area contributed by atoms with Crippen LogP contribution in [0.1, 0.15) is 51.8 Å². The van der Waals surface area contributed by atoms with E-state index in [0.717, 1.165) is 5.56 Å². The van der Waals surface area contributed by atoms with Crippen molar-refractivity contribution in [2.45, 2.75) is 58.3 Å². The third kappa shape index (κ3) is 4.34. The van der Waals surface area contributed by atoms with Gasteiger partial charge in [-0.1, -0.05) is 45.0 Å². The molecule has 0 aromatic heterocycles. The average Bonchev–Trinajstić information content (AvgIpc) is 2.34. The lowest BCUT2D eigenvalue weighted by atomic mass is 9.86. The molecule has 19 heavy (non-hydrogen) atoms. The van der Waals surface area contributed by atoms with Gasteiger partial charge in [-0.25, -0.2) is 0 Å². The normalized spacial score (nSPS) is 16.5. The zero-order chi connectivity index (χ0) is 14.6. The van der Waals surface area contributed by atoms with Gasteiger partial charge in [-0.15, -0.1) is 0 Å². The molecule has 104 valence electrons. The van der Waals surface area contributed by atoms with Crippen LogP contribution in [0, 0.1) is 11.3 Å². The maximum Gasteiger partial charge on any atom is 0.169 e. The largest absolute Gasteiger partial charge is 0.391 e. The highest BCUT2D eigenvalue weighted by Gasteiger charge is 2.19. The Balaban J connectivity index is 2.87. The molecule has 3 unspecified atom stereocenters. The first-order valence-corrected chi connectivity index (χ1v) is 6.59. The average molecular weight is 261 g/mol. The first kappa shape index (κ1) is 15.7. The summed E-state index contributed by atoms with van der Waals surface area (Å²) in [6.45, 7) is 9.86. The second-order valence-electron chi connectivity index (χ2n) is 5.96. The highest BCUT2D eigenvalue weighted by atomic mass is 16.5. The van der Waals surface area contributed by atoms with Gasteiger partial charge in [-0.2, -0.15) is 5.26 Å². The van der Waals surface area contributed by atoms with E-state index in [0.29, 0.717) is 0 Å². The van der Waals surface area contributed by atoms with Gasteiger partial charge in [0.1, 0.15) is 0 Å². The monoisotopic (exact) mass is 261 g/mol. The molecule has 1 N–H and O–H groups in total. The van der Waals surface area contributed by atoms with E-state index in [4.69, 9.17) is 4.74 Å². The van der Waals surface area contributed by atoms with Crippen LogP contribution in [-0.4, -0.2) is 17.3 Å². The molecule has 0 amide bonds. The van der Waals surface area contributed by atoms with Crippen molar-refractivity contribution in [1.82, 2.24) is 0 Å². The third-order valence-corrected chi connectivity index (χ3v) is 3.23. The summed E-state index contributed by atoms with van der Waals surface area (Å²) in [5.74, 6) is 0. The van der Waals surface area contributed by atoms with Gasteiger partial charge in [0.2, 0.25) is 0 Å². The first-order valence-electron chi connectivity index (χ1n) is 6.59. The number of hydrogen-bond donors (Lipinski definition) is 1. The van der Waals surface area contributed by atoms with Crippen LogP contribution in [0.2, 0.25) is 0 Å². The molecule has 3 heteroatoms. The molecule has 1 rings (SSSR count). The number of hydrogen-bond acceptors (Lipinski definition) is 3. The minimum absolute atomic E-state index is 0.0917. The summed E-state index contributed by atoms with van der Waals surface area (Å²) in [6, 6.07) is 10.0. The fraction of sp³-hybridized carbons (Fsp3) is 0.562. The molecular weight excluding hydrogens is 238 g/mol. The van der Waals surface area contributed by atoms with Gasteiger partial charge in [-0.05, 0) is 30.4 Å². The molecule has 0 spiro atoms. The van der Waals surface area contributed by atoms with Crippen molar-refractivity contribution in [2.75, 3.05) is 0 Å². The minimum Gasteiger partial charge on any atom is -0.391 e. The first-order chi connectivity index (χ1) is 8.75. The molecule has 0 aliphatic carbocycles. The number of ether oxygens (including phenoxy) is 1. The van der Waals surface area contributed by atoms with E-state index in [9.17, 15) is 10.4 Å². The predicted molar refractivity (Wildman–Crippen MR) is 75.7 cm³/mol. The molecule has 0 aliphatic heterocycles. The fourth-order valence-corrected chi connectivity index (χ4v) is 1.67. The van der Waals surface area contributed by atoms with E-state index >= 15 is 0 Å². The second-order valence-corrected chi connectivity index (χ2v) is 5.96. The minimum atomic E-state index is -0.640. The Labute approximate surface area is 115 Å². The van der Waals surface area contributed by atoms with Crippen molar-refractivity contribution in [3.63, 3.8) is 0 Å². The molecule has 1 aromatic rings. The molecular formula is C16H23NO2. The van der Waals surface area contributed by atoms with E-state index in [2.05, 4.69) is 26.8 Å². The molecule has 3 atom stereocenters. The number of nitrogens with zero attached hydrogens (tertiary/aromatic N) is 1. The van der Waals surface area contributed by atoms with E-state index in [1.807, 2.05) is 24.3 Å². The molecule has 0 saturated carbocycles. The van der Waals surface area contributed by atoms with Crippen LogP contribution >= 0.6 is 0 Å². The molecule has 3 nitrogen and oxygen atoms in total. The Morgan fingerprint density at radius 2 is 1.68 bits per heavy atom. The summed E-state index contributed by atoms with van der Waals surface area (Å²) < 4.78 is 5.56. The Morgan fingerprint density at radius 3 is 2.05 bits per heavy atom. The van der Waals surface area contributed by atoms with Gasteiger partial charge in [0.05, 0.1) is 18.3 Å². The predicted octanol–water partition coefficient (Wildman–Crippen LogP) is 3.33. The summed E-state index contributed by atoms with van der Waals surface area (Å²) >= 11 is 0. The molecule has 0 aliphatic rings. The van der Waals surface area contributed by atoms with Gasteiger partial charge in [0.15, 0.2) is 6.10 Å². The zero-order valence-electron chi connectivity index (χ0n) is 12.3. The topological polar surface area (TPSA) is 53.2 Å². The molecule has 0 heterocycles. The number of benzene rings is 1. The maximum absolute atomic E-state index is 9.43. The van der Waals surface area contributed by atoms with Crippen LogP contribution in [0.5, 0.6) is 0 Å². The van der Waals surface area contributed by atoms with E-state index in [1.165, 1.54) is 5.56 Å². The quantitative estimate of drug-likeness (QED) is 0.904. The van der Waals surface area contributed by atoms with Gasteiger partial charge in [-0.3, -0.25) is 0 Å². The summed E-state index contributed by atoms with van der Waals surface area (Å²) in [4.78, 5) is 0. The van der Waals surface area contributed by atoms with Gasteiger partial charge in [0, 0.05) is 0 Å². The summed E-state index contributed by atoms with van der Waals surface area (Å²) in [5, 5.41) is 18.6. The van der Waals surface area contributed by atoms with E-state index in [-0.39, 0.29) is 11.5 Å². The number of aliphatic hydroxyl groups is 1. The van der Waals surface area contributed by atoms with Crippen LogP contribution in [-0.2, 0) is 10.2 Å². The highest BCUT2D eigenvalue weighted by Crippen LogP contribution is 2.25. The summed E-state index contributed by atoms with van der Waals surface area (Å²) in [6.07, 6.45) is -1.60. The van der Waals surface area contributed by atoms with Crippen molar-refractivity contribution in [3.05, 3.63) is 35.4 Å². The van der Waals surface area contributed by atoms with Crippen molar-refractivity contribution in [1.29, 1.82) is 5.26 Å². The SMILES string of the molecule is CC(O)C(C)OC(C#N)c1ccc(C(C)(C)C)cc1. The maximum atomic E-state index is 9.43. The lowest BCUT2D eigenvalue weighted by Crippen LogP contribution is -2.24. The van der Waals surface area contributed by atoms with Gasteiger partial charge >= 0.3 is 0 Å². The molecule has 0 bridgehead atoms.